The van der Waals surface area contributed by atoms with Crippen LogP contribution < -0.4 is 5.32 Å². The second-order valence-corrected chi connectivity index (χ2v) is 6.86. The van der Waals surface area contributed by atoms with Crippen molar-refractivity contribution in [3.63, 3.8) is 0 Å². The summed E-state index contributed by atoms with van der Waals surface area (Å²) in [4.78, 5) is 28.8. The standard InChI is InChI=1S/C21H17N3O3S/c1-14(20(26)23-17-9-5-6-15(10-17)12-22)27-19(25)11-18-13-28-21(24-18)16-7-3-2-4-8-16/h2-10,13-14H,11H2,1H3,(H,23,26). The number of thiazole rings is 1. The van der Waals surface area contributed by atoms with E-state index in [-0.39, 0.29) is 6.42 Å². The molecule has 1 N–H and O–H groups in total. The van der Waals surface area contributed by atoms with Crippen LogP contribution in [-0.4, -0.2) is 23.0 Å². The van der Waals surface area contributed by atoms with Crippen molar-refractivity contribution in [3.8, 4) is 16.6 Å². The van der Waals surface area contributed by atoms with E-state index in [0.717, 1.165) is 10.6 Å². The number of benzene rings is 2. The Morgan fingerprint density at radius 3 is 2.75 bits per heavy atom. The fourth-order valence-electron chi connectivity index (χ4n) is 2.45. The van der Waals surface area contributed by atoms with E-state index in [1.165, 1.54) is 18.3 Å². The predicted molar refractivity (Wildman–Crippen MR) is 107 cm³/mol. The number of amides is 1. The number of rotatable bonds is 6. The molecule has 6 nitrogen and oxygen atoms in total. The van der Waals surface area contributed by atoms with Gasteiger partial charge in [-0.15, -0.1) is 11.3 Å². The third-order valence-electron chi connectivity index (χ3n) is 3.83. The molecule has 0 aliphatic rings. The van der Waals surface area contributed by atoms with Crippen LogP contribution in [0.15, 0.2) is 60.0 Å². The number of nitriles is 1. The third kappa shape index (κ3) is 5.02. The normalized spacial score (nSPS) is 11.3. The summed E-state index contributed by atoms with van der Waals surface area (Å²) < 4.78 is 5.21. The lowest BCUT2D eigenvalue weighted by atomic mass is 10.2. The summed E-state index contributed by atoms with van der Waals surface area (Å²) in [6, 6.07) is 18.2. The fraction of sp³-hybridized carbons (Fsp3) is 0.143. The monoisotopic (exact) mass is 391 g/mol. The molecule has 2 aromatic carbocycles. The number of hydrogen-bond donors (Lipinski definition) is 1. The lowest BCUT2D eigenvalue weighted by Gasteiger charge is -2.13. The molecule has 0 aliphatic heterocycles. The van der Waals surface area contributed by atoms with Gasteiger partial charge in [0.05, 0.1) is 23.7 Å². The van der Waals surface area contributed by atoms with Gasteiger partial charge in [0.25, 0.3) is 5.91 Å². The maximum Gasteiger partial charge on any atom is 0.312 e. The first-order chi connectivity index (χ1) is 13.5. The number of aromatic nitrogens is 1. The zero-order chi connectivity index (χ0) is 19.9. The molecule has 7 heteroatoms. The molecule has 1 unspecified atom stereocenters. The minimum atomic E-state index is -0.967. The van der Waals surface area contributed by atoms with Gasteiger partial charge in [0.15, 0.2) is 6.10 Å². The molecule has 1 amide bonds. The van der Waals surface area contributed by atoms with Gasteiger partial charge in [-0.3, -0.25) is 9.59 Å². The number of ether oxygens (including phenoxy) is 1. The van der Waals surface area contributed by atoms with Crippen molar-refractivity contribution in [2.75, 3.05) is 5.32 Å². The van der Waals surface area contributed by atoms with E-state index in [1.54, 1.807) is 24.3 Å². The SMILES string of the molecule is CC(OC(=O)Cc1csc(-c2ccccc2)n1)C(=O)Nc1cccc(C#N)c1. The maximum absolute atomic E-state index is 12.2. The predicted octanol–water partition coefficient (Wildman–Crippen LogP) is 3.79. The minimum absolute atomic E-state index is 0.00906. The molecule has 0 spiro atoms. The van der Waals surface area contributed by atoms with E-state index in [1.807, 2.05) is 41.8 Å². The van der Waals surface area contributed by atoms with Crippen LogP contribution in [0.2, 0.25) is 0 Å². The molecular formula is C21H17N3O3S. The minimum Gasteiger partial charge on any atom is -0.452 e. The van der Waals surface area contributed by atoms with Crippen molar-refractivity contribution < 1.29 is 14.3 Å². The topological polar surface area (TPSA) is 92.1 Å². The molecule has 0 radical (unpaired) electrons. The van der Waals surface area contributed by atoms with E-state index in [9.17, 15) is 9.59 Å². The van der Waals surface area contributed by atoms with Gasteiger partial charge in [-0.05, 0) is 25.1 Å². The molecule has 3 aromatic rings. The summed E-state index contributed by atoms with van der Waals surface area (Å²) in [5.74, 6) is -0.995. The fourth-order valence-corrected chi connectivity index (χ4v) is 3.28. The third-order valence-corrected chi connectivity index (χ3v) is 4.77. The van der Waals surface area contributed by atoms with Gasteiger partial charge >= 0.3 is 5.97 Å². The van der Waals surface area contributed by atoms with Gasteiger partial charge < -0.3 is 10.1 Å². The van der Waals surface area contributed by atoms with E-state index in [2.05, 4.69) is 10.3 Å². The number of nitrogens with one attached hydrogen (secondary N) is 1. The highest BCUT2D eigenvalue weighted by atomic mass is 32.1. The quantitative estimate of drug-likeness (QED) is 0.645. The number of nitrogens with zero attached hydrogens (tertiary/aromatic N) is 2. The Morgan fingerprint density at radius 1 is 1.21 bits per heavy atom. The van der Waals surface area contributed by atoms with Gasteiger partial charge in [-0.1, -0.05) is 36.4 Å². The molecular weight excluding hydrogens is 374 g/mol. The molecule has 0 fully saturated rings. The van der Waals surface area contributed by atoms with Crippen LogP contribution >= 0.6 is 11.3 Å². The summed E-state index contributed by atoms with van der Waals surface area (Å²) in [7, 11) is 0. The molecule has 1 atom stereocenters. The molecule has 0 bridgehead atoms. The van der Waals surface area contributed by atoms with E-state index in [0.29, 0.717) is 16.9 Å². The van der Waals surface area contributed by atoms with Crippen molar-refractivity contribution in [2.24, 2.45) is 0 Å². The smallest absolute Gasteiger partial charge is 0.312 e. The van der Waals surface area contributed by atoms with Gasteiger partial charge in [-0.2, -0.15) is 5.26 Å². The van der Waals surface area contributed by atoms with E-state index in [4.69, 9.17) is 10.00 Å². The first kappa shape index (κ1) is 19.3. The lowest BCUT2D eigenvalue weighted by molar-refractivity contribution is -0.152. The van der Waals surface area contributed by atoms with Crippen LogP contribution in [0.25, 0.3) is 10.6 Å². The van der Waals surface area contributed by atoms with Crippen molar-refractivity contribution >= 4 is 28.9 Å². The van der Waals surface area contributed by atoms with Crippen LogP contribution in [0.1, 0.15) is 18.2 Å². The second-order valence-electron chi connectivity index (χ2n) is 6.00. The van der Waals surface area contributed by atoms with Gasteiger partial charge in [0.1, 0.15) is 5.01 Å². The second kappa shape index (κ2) is 8.93. The lowest BCUT2D eigenvalue weighted by Crippen LogP contribution is -2.30. The summed E-state index contributed by atoms with van der Waals surface area (Å²) in [6.07, 6.45) is -0.976. The van der Waals surface area contributed by atoms with Gasteiger partial charge in [-0.25, -0.2) is 4.98 Å². The van der Waals surface area contributed by atoms with Gasteiger partial charge in [0, 0.05) is 16.6 Å². The highest BCUT2D eigenvalue weighted by Crippen LogP contribution is 2.23. The zero-order valence-corrected chi connectivity index (χ0v) is 15.9. The Bertz CT molecular complexity index is 1020. The Hall–Kier alpha value is -3.50. The van der Waals surface area contributed by atoms with Crippen molar-refractivity contribution in [1.82, 2.24) is 4.98 Å². The molecule has 0 saturated heterocycles. The molecule has 0 aliphatic carbocycles. The summed E-state index contributed by atoms with van der Waals surface area (Å²) >= 11 is 1.45. The number of hydrogen-bond acceptors (Lipinski definition) is 6. The van der Waals surface area contributed by atoms with Crippen LogP contribution in [0.4, 0.5) is 5.69 Å². The van der Waals surface area contributed by atoms with Gasteiger partial charge in [0.2, 0.25) is 0 Å². The molecule has 28 heavy (non-hydrogen) atoms. The molecule has 0 saturated carbocycles. The van der Waals surface area contributed by atoms with Crippen molar-refractivity contribution in [3.05, 3.63) is 71.2 Å². The van der Waals surface area contributed by atoms with Crippen LogP contribution in [0, 0.1) is 11.3 Å². The highest BCUT2D eigenvalue weighted by Gasteiger charge is 2.19. The molecule has 1 aromatic heterocycles. The van der Waals surface area contributed by atoms with Crippen LogP contribution in [0.3, 0.4) is 0 Å². The average Bonchev–Trinajstić information content (AvgIpc) is 3.17. The Balaban J connectivity index is 1.55. The Labute approximate surface area is 166 Å². The average molecular weight is 391 g/mol. The number of carbonyl (C=O) groups excluding carboxylic acids is 2. The number of anilines is 1. The van der Waals surface area contributed by atoms with Crippen LogP contribution in [0.5, 0.6) is 0 Å². The van der Waals surface area contributed by atoms with E-state index < -0.39 is 18.0 Å². The summed E-state index contributed by atoms with van der Waals surface area (Å²) in [6.45, 7) is 1.50. The number of carbonyl (C=O) groups is 2. The number of esters is 1. The highest BCUT2D eigenvalue weighted by molar-refractivity contribution is 7.13. The molecule has 3 rings (SSSR count). The zero-order valence-electron chi connectivity index (χ0n) is 15.1. The molecule has 140 valence electrons. The first-order valence-corrected chi connectivity index (χ1v) is 9.43. The maximum atomic E-state index is 12.2. The van der Waals surface area contributed by atoms with Crippen molar-refractivity contribution in [1.29, 1.82) is 5.26 Å². The Kier molecular flexibility index (Phi) is 6.14. The Morgan fingerprint density at radius 2 is 2.00 bits per heavy atom. The molecule has 1 heterocycles. The summed E-state index contributed by atoms with van der Waals surface area (Å²) in [5, 5.41) is 14.2. The van der Waals surface area contributed by atoms with Crippen molar-refractivity contribution in [2.45, 2.75) is 19.4 Å². The summed E-state index contributed by atoms with van der Waals surface area (Å²) in [5.41, 5.74) is 2.49. The van der Waals surface area contributed by atoms with Crippen LogP contribution in [-0.2, 0) is 20.7 Å². The largest absolute Gasteiger partial charge is 0.452 e. The first-order valence-electron chi connectivity index (χ1n) is 8.55. The van der Waals surface area contributed by atoms with E-state index >= 15 is 0 Å².